The molecule has 2 nitrogen and oxygen atoms in total. The number of hydrogen-bond donors (Lipinski definition) is 1. The summed E-state index contributed by atoms with van der Waals surface area (Å²) in [6.07, 6.45) is 0.981. The zero-order valence-corrected chi connectivity index (χ0v) is 14.9. The summed E-state index contributed by atoms with van der Waals surface area (Å²) in [5.74, 6) is 1.03. The lowest BCUT2D eigenvalue weighted by molar-refractivity contribution is 0.0656. The molecule has 1 aliphatic rings. The maximum Gasteiger partial charge on any atom is 0.125 e. The third-order valence-corrected chi connectivity index (χ3v) is 4.76. The molecule has 0 bridgehead atoms. The van der Waals surface area contributed by atoms with E-state index >= 15 is 0 Å². The van der Waals surface area contributed by atoms with Gasteiger partial charge < -0.3 is 10.1 Å². The van der Waals surface area contributed by atoms with Crippen LogP contribution in [-0.2, 0) is 6.54 Å². The molecule has 1 aliphatic heterocycles. The maximum absolute atomic E-state index is 6.21. The van der Waals surface area contributed by atoms with Crippen LogP contribution in [0.2, 0.25) is 0 Å². The third kappa shape index (κ3) is 3.59. The van der Waals surface area contributed by atoms with E-state index in [1.54, 1.807) is 0 Å². The number of rotatable bonds is 3. The fourth-order valence-electron chi connectivity index (χ4n) is 3.24. The molecule has 0 aliphatic carbocycles. The van der Waals surface area contributed by atoms with Crippen molar-refractivity contribution in [1.82, 2.24) is 5.32 Å². The van der Waals surface area contributed by atoms with Crippen molar-refractivity contribution < 1.29 is 4.74 Å². The van der Waals surface area contributed by atoms with Crippen LogP contribution in [0.25, 0.3) is 0 Å². The van der Waals surface area contributed by atoms with Gasteiger partial charge in [-0.25, -0.2) is 0 Å². The first-order valence-corrected chi connectivity index (χ1v) is 8.43. The van der Waals surface area contributed by atoms with Gasteiger partial charge >= 0.3 is 0 Å². The van der Waals surface area contributed by atoms with Gasteiger partial charge in [-0.3, -0.25) is 0 Å². The summed E-state index contributed by atoms with van der Waals surface area (Å²) < 4.78 is 6.21. The van der Waals surface area contributed by atoms with E-state index < -0.39 is 0 Å². The van der Waals surface area contributed by atoms with Crippen LogP contribution in [0.4, 0.5) is 0 Å². The van der Waals surface area contributed by atoms with Gasteiger partial charge in [0.25, 0.3) is 0 Å². The highest BCUT2D eigenvalue weighted by atomic mass is 16.5. The van der Waals surface area contributed by atoms with Gasteiger partial charge in [0.2, 0.25) is 0 Å². The molecule has 2 aromatic carbocycles. The summed E-state index contributed by atoms with van der Waals surface area (Å²) in [5, 5.41) is 3.74. The predicted molar refractivity (Wildman–Crippen MR) is 96.0 cm³/mol. The Kier molecular flexibility index (Phi) is 4.20. The quantitative estimate of drug-likeness (QED) is 0.861. The van der Waals surface area contributed by atoms with Crippen LogP contribution in [0, 0.1) is 20.8 Å². The zero-order valence-electron chi connectivity index (χ0n) is 14.9. The molecule has 0 aromatic heterocycles. The molecule has 0 spiro atoms. The van der Waals surface area contributed by atoms with Crippen LogP contribution in [0.15, 0.2) is 36.4 Å². The van der Waals surface area contributed by atoms with Crippen molar-refractivity contribution in [1.29, 1.82) is 0 Å². The minimum absolute atomic E-state index is 0.139. The molecule has 0 fully saturated rings. The van der Waals surface area contributed by atoms with E-state index in [0.29, 0.717) is 6.04 Å². The van der Waals surface area contributed by atoms with E-state index in [1.807, 2.05) is 0 Å². The van der Waals surface area contributed by atoms with E-state index in [4.69, 9.17) is 4.74 Å². The summed E-state index contributed by atoms with van der Waals surface area (Å²) in [4.78, 5) is 0. The number of benzene rings is 2. The monoisotopic (exact) mass is 309 g/mol. The van der Waals surface area contributed by atoms with E-state index in [1.165, 1.54) is 27.8 Å². The SMILES string of the molecule is Cc1ccc(CNC2CC(C)(C)Oc3cc(C)c(C)cc32)cc1. The lowest BCUT2D eigenvalue weighted by Gasteiger charge is -2.38. The second-order valence-corrected chi connectivity index (χ2v) is 7.46. The third-order valence-electron chi connectivity index (χ3n) is 4.76. The second-order valence-electron chi connectivity index (χ2n) is 7.46. The Hall–Kier alpha value is -1.80. The zero-order chi connectivity index (χ0) is 16.6. The first kappa shape index (κ1) is 16.1. The fourth-order valence-corrected chi connectivity index (χ4v) is 3.24. The van der Waals surface area contributed by atoms with Crippen molar-refractivity contribution in [2.75, 3.05) is 0 Å². The van der Waals surface area contributed by atoms with Crippen molar-refractivity contribution in [3.8, 4) is 5.75 Å². The van der Waals surface area contributed by atoms with Gasteiger partial charge in [-0.2, -0.15) is 0 Å². The largest absolute Gasteiger partial charge is 0.487 e. The molecule has 1 heterocycles. The number of aryl methyl sites for hydroxylation is 3. The Bertz CT molecular complexity index is 701. The Morgan fingerprint density at radius 1 is 1.04 bits per heavy atom. The maximum atomic E-state index is 6.21. The Labute approximate surface area is 139 Å². The molecule has 1 unspecified atom stereocenters. The van der Waals surface area contributed by atoms with Crippen LogP contribution in [0.5, 0.6) is 5.75 Å². The molecule has 0 saturated heterocycles. The molecule has 23 heavy (non-hydrogen) atoms. The topological polar surface area (TPSA) is 21.3 Å². The molecule has 122 valence electrons. The number of nitrogens with one attached hydrogen (secondary N) is 1. The number of hydrogen-bond acceptors (Lipinski definition) is 2. The lowest BCUT2D eigenvalue weighted by Crippen LogP contribution is -2.39. The first-order valence-electron chi connectivity index (χ1n) is 8.43. The fraction of sp³-hybridized carbons (Fsp3) is 0.429. The van der Waals surface area contributed by atoms with Gasteiger partial charge in [0, 0.05) is 24.6 Å². The van der Waals surface area contributed by atoms with Gasteiger partial charge in [0.1, 0.15) is 11.4 Å². The van der Waals surface area contributed by atoms with Crippen LogP contribution in [0.1, 0.15) is 54.1 Å². The molecule has 0 radical (unpaired) electrons. The van der Waals surface area contributed by atoms with Crippen molar-refractivity contribution >= 4 is 0 Å². The van der Waals surface area contributed by atoms with Crippen molar-refractivity contribution in [2.24, 2.45) is 0 Å². The van der Waals surface area contributed by atoms with Crippen molar-refractivity contribution in [3.05, 3.63) is 64.2 Å². The molecule has 1 atom stereocenters. The Morgan fingerprint density at radius 3 is 2.39 bits per heavy atom. The molecule has 2 aromatic rings. The summed E-state index contributed by atoms with van der Waals surface area (Å²) in [6.45, 7) is 11.7. The number of fused-ring (bicyclic) bond motifs is 1. The highest BCUT2D eigenvalue weighted by molar-refractivity contribution is 5.45. The smallest absolute Gasteiger partial charge is 0.125 e. The van der Waals surface area contributed by atoms with Gasteiger partial charge in [-0.15, -0.1) is 0 Å². The molecular weight excluding hydrogens is 282 g/mol. The van der Waals surface area contributed by atoms with Gasteiger partial charge in [0.15, 0.2) is 0 Å². The first-order chi connectivity index (χ1) is 10.8. The highest BCUT2D eigenvalue weighted by Crippen LogP contribution is 2.40. The summed E-state index contributed by atoms with van der Waals surface area (Å²) >= 11 is 0. The highest BCUT2D eigenvalue weighted by Gasteiger charge is 2.33. The molecule has 2 heteroatoms. The molecule has 0 saturated carbocycles. The van der Waals surface area contributed by atoms with E-state index in [0.717, 1.165) is 18.7 Å². The lowest BCUT2D eigenvalue weighted by atomic mass is 9.88. The van der Waals surface area contributed by atoms with E-state index in [-0.39, 0.29) is 5.60 Å². The average molecular weight is 309 g/mol. The molecular formula is C21H27NO. The molecule has 1 N–H and O–H groups in total. The van der Waals surface area contributed by atoms with E-state index in [2.05, 4.69) is 76.3 Å². The van der Waals surface area contributed by atoms with Gasteiger partial charge in [0.05, 0.1) is 0 Å². The summed E-state index contributed by atoms with van der Waals surface area (Å²) in [6, 6.07) is 13.6. The number of ether oxygens (including phenoxy) is 1. The van der Waals surface area contributed by atoms with Gasteiger partial charge in [-0.1, -0.05) is 35.9 Å². The molecule has 3 rings (SSSR count). The average Bonchev–Trinajstić information content (AvgIpc) is 2.47. The Morgan fingerprint density at radius 2 is 1.70 bits per heavy atom. The van der Waals surface area contributed by atoms with Crippen LogP contribution < -0.4 is 10.1 Å². The predicted octanol–water partition coefficient (Wildman–Crippen LogP) is 5.00. The minimum atomic E-state index is -0.139. The van der Waals surface area contributed by atoms with Crippen LogP contribution in [-0.4, -0.2) is 5.60 Å². The second kappa shape index (κ2) is 6.01. The van der Waals surface area contributed by atoms with Gasteiger partial charge in [-0.05, 0) is 57.4 Å². The van der Waals surface area contributed by atoms with Crippen LogP contribution in [0.3, 0.4) is 0 Å². The Balaban J connectivity index is 1.84. The summed E-state index contributed by atoms with van der Waals surface area (Å²) in [5.41, 5.74) is 6.40. The minimum Gasteiger partial charge on any atom is -0.487 e. The van der Waals surface area contributed by atoms with E-state index in [9.17, 15) is 0 Å². The normalized spacial score (nSPS) is 19.1. The van der Waals surface area contributed by atoms with Crippen molar-refractivity contribution in [2.45, 2.75) is 59.2 Å². The van der Waals surface area contributed by atoms with Crippen molar-refractivity contribution in [3.63, 3.8) is 0 Å². The molecule has 0 amide bonds. The van der Waals surface area contributed by atoms with Crippen LogP contribution >= 0.6 is 0 Å². The summed E-state index contributed by atoms with van der Waals surface area (Å²) in [7, 11) is 0. The standard InChI is InChI=1S/C21H27NO/c1-14-6-8-17(9-7-14)13-22-19-12-21(4,5)23-20-11-16(3)15(2)10-18(19)20/h6-11,19,22H,12-13H2,1-5H3.